The van der Waals surface area contributed by atoms with E-state index in [0.29, 0.717) is 18.0 Å². The summed E-state index contributed by atoms with van der Waals surface area (Å²) in [6, 6.07) is 12.5. The molecule has 0 spiro atoms. The highest BCUT2D eigenvalue weighted by Crippen LogP contribution is 2.26. The van der Waals surface area contributed by atoms with E-state index in [2.05, 4.69) is 10.6 Å². The van der Waals surface area contributed by atoms with Gasteiger partial charge in [0.2, 0.25) is 5.91 Å². The third kappa shape index (κ3) is 7.63. The van der Waals surface area contributed by atoms with Gasteiger partial charge in [-0.25, -0.2) is 9.18 Å². The fourth-order valence-corrected chi connectivity index (χ4v) is 4.13. The van der Waals surface area contributed by atoms with Crippen LogP contribution in [0, 0.1) is 5.82 Å². The zero-order chi connectivity index (χ0) is 25.4. The van der Waals surface area contributed by atoms with Gasteiger partial charge in [-0.1, -0.05) is 26.0 Å². The lowest BCUT2D eigenvalue weighted by Crippen LogP contribution is -2.58. The number of aliphatic carboxylic acids is 1. The third-order valence-corrected chi connectivity index (χ3v) is 6.04. The summed E-state index contributed by atoms with van der Waals surface area (Å²) >= 11 is 0. The highest BCUT2D eigenvalue weighted by molar-refractivity contribution is 5.87. The van der Waals surface area contributed by atoms with E-state index in [9.17, 15) is 19.1 Å². The average Bonchev–Trinajstić information content (AvgIpc) is 2.84. The lowest BCUT2D eigenvalue weighted by Gasteiger charge is -2.38. The summed E-state index contributed by atoms with van der Waals surface area (Å²) in [6.45, 7) is 5.94. The summed E-state index contributed by atoms with van der Waals surface area (Å²) in [6.07, 6.45) is 2.89. The molecule has 0 fully saturated rings. The van der Waals surface area contributed by atoms with Crippen LogP contribution in [0.25, 0.3) is 0 Å². The Kier molecular flexibility index (Phi) is 9.39. The Balaban J connectivity index is 1.71. The normalized spacial score (nSPS) is 19.8. The SMILES string of the molecule is CCC(CC)O[C@@H]1C=C(C(=O)O)C[C@H](NCc2ccc(Oc3ccc(F)cc3)cc2)[C@H]1NC(C)=O. The molecule has 1 aliphatic rings. The minimum atomic E-state index is -0.987. The van der Waals surface area contributed by atoms with Gasteiger partial charge >= 0.3 is 5.97 Å². The van der Waals surface area contributed by atoms with Gasteiger partial charge in [0.25, 0.3) is 0 Å². The quantitative estimate of drug-likeness (QED) is 0.432. The first-order chi connectivity index (χ1) is 16.8. The molecule has 1 aliphatic carbocycles. The van der Waals surface area contributed by atoms with Gasteiger partial charge in [-0.15, -0.1) is 0 Å². The van der Waals surface area contributed by atoms with Crippen molar-refractivity contribution < 1.29 is 28.6 Å². The number of carboxylic acid groups (broad SMARTS) is 1. The summed E-state index contributed by atoms with van der Waals surface area (Å²) in [5.41, 5.74) is 1.23. The van der Waals surface area contributed by atoms with Crippen LogP contribution in [-0.2, 0) is 20.9 Å². The third-order valence-electron chi connectivity index (χ3n) is 6.04. The molecular weight excluding hydrogens is 451 g/mol. The molecule has 35 heavy (non-hydrogen) atoms. The summed E-state index contributed by atoms with van der Waals surface area (Å²) in [5.74, 6) is -0.363. The Morgan fingerprint density at radius 2 is 1.66 bits per heavy atom. The van der Waals surface area contributed by atoms with Crippen LogP contribution in [-0.4, -0.2) is 41.3 Å². The lowest BCUT2D eigenvalue weighted by atomic mass is 9.87. The second kappa shape index (κ2) is 12.5. The van der Waals surface area contributed by atoms with Crippen LogP contribution in [0.15, 0.2) is 60.2 Å². The van der Waals surface area contributed by atoms with Crippen molar-refractivity contribution in [2.45, 2.75) is 70.9 Å². The molecule has 1 amide bonds. The summed E-state index contributed by atoms with van der Waals surface area (Å²) in [5, 5.41) is 16.0. The number of carbonyl (C=O) groups is 2. The van der Waals surface area contributed by atoms with Gasteiger partial charge < -0.3 is 25.2 Å². The molecule has 2 aromatic rings. The molecule has 0 heterocycles. The lowest BCUT2D eigenvalue weighted by molar-refractivity contribution is -0.133. The largest absolute Gasteiger partial charge is 0.478 e. The van der Waals surface area contributed by atoms with Crippen molar-refractivity contribution in [1.29, 1.82) is 0 Å². The second-order valence-corrected chi connectivity index (χ2v) is 8.65. The molecule has 0 radical (unpaired) electrons. The van der Waals surface area contributed by atoms with E-state index in [0.717, 1.165) is 18.4 Å². The molecule has 2 aromatic carbocycles. The van der Waals surface area contributed by atoms with Crippen molar-refractivity contribution in [3.63, 3.8) is 0 Å². The van der Waals surface area contributed by atoms with Crippen LogP contribution in [0.3, 0.4) is 0 Å². The number of amides is 1. The van der Waals surface area contributed by atoms with Crippen molar-refractivity contribution in [3.05, 3.63) is 71.6 Å². The van der Waals surface area contributed by atoms with Crippen LogP contribution < -0.4 is 15.4 Å². The number of hydrogen-bond donors (Lipinski definition) is 3. The molecule has 0 unspecified atom stereocenters. The van der Waals surface area contributed by atoms with Crippen molar-refractivity contribution >= 4 is 11.9 Å². The summed E-state index contributed by atoms with van der Waals surface area (Å²) in [4.78, 5) is 23.8. The molecule has 0 saturated heterocycles. The smallest absolute Gasteiger partial charge is 0.331 e. The maximum atomic E-state index is 13.1. The minimum Gasteiger partial charge on any atom is -0.478 e. The van der Waals surface area contributed by atoms with Crippen LogP contribution in [0.1, 0.15) is 45.6 Å². The number of nitrogens with one attached hydrogen (secondary N) is 2. The maximum Gasteiger partial charge on any atom is 0.331 e. The highest BCUT2D eigenvalue weighted by atomic mass is 19.1. The Bertz CT molecular complexity index is 1020. The summed E-state index contributed by atoms with van der Waals surface area (Å²) in [7, 11) is 0. The number of carboxylic acids is 1. The first kappa shape index (κ1) is 26.4. The summed E-state index contributed by atoms with van der Waals surface area (Å²) < 4.78 is 25.0. The predicted molar refractivity (Wildman–Crippen MR) is 131 cm³/mol. The Morgan fingerprint density at radius 1 is 1.06 bits per heavy atom. The monoisotopic (exact) mass is 484 g/mol. The Hall–Kier alpha value is -3.23. The topological polar surface area (TPSA) is 96.9 Å². The van der Waals surface area contributed by atoms with Crippen LogP contribution >= 0.6 is 0 Å². The van der Waals surface area contributed by atoms with Crippen molar-refractivity contribution in [2.75, 3.05) is 0 Å². The molecule has 3 rings (SSSR count). The number of rotatable bonds is 11. The molecule has 3 atom stereocenters. The van der Waals surface area contributed by atoms with E-state index in [4.69, 9.17) is 9.47 Å². The number of benzene rings is 2. The number of carbonyl (C=O) groups excluding carboxylic acids is 1. The fraction of sp³-hybridized carbons (Fsp3) is 0.407. The molecule has 0 aliphatic heterocycles. The van der Waals surface area contributed by atoms with Crippen LogP contribution in [0.4, 0.5) is 4.39 Å². The minimum absolute atomic E-state index is 0.0324. The van der Waals surface area contributed by atoms with Gasteiger partial charge in [0.15, 0.2) is 0 Å². The number of ether oxygens (including phenoxy) is 2. The molecular formula is C27H33FN2O5. The van der Waals surface area contributed by atoms with Gasteiger partial charge in [0.1, 0.15) is 17.3 Å². The van der Waals surface area contributed by atoms with Crippen LogP contribution in [0.5, 0.6) is 11.5 Å². The number of halogens is 1. The van der Waals surface area contributed by atoms with Gasteiger partial charge in [-0.05, 0) is 67.3 Å². The fourth-order valence-electron chi connectivity index (χ4n) is 4.13. The molecule has 0 saturated carbocycles. The standard InChI is InChI=1S/C27H33FN2O5/c1-4-21(5-2)35-25-15-19(27(32)33)14-24(26(25)30-17(3)31)29-16-18-6-10-22(11-7-18)34-23-12-8-20(28)9-13-23/h6-13,15,21,24-26,29H,4-5,14,16H2,1-3H3,(H,30,31)(H,32,33)/t24-,25+,26+/m0/s1. The maximum absolute atomic E-state index is 13.1. The molecule has 3 N–H and O–H groups in total. The molecule has 7 nitrogen and oxygen atoms in total. The van der Waals surface area contributed by atoms with Gasteiger partial charge in [-0.3, -0.25) is 4.79 Å². The van der Waals surface area contributed by atoms with Gasteiger partial charge in [0.05, 0.1) is 18.2 Å². The van der Waals surface area contributed by atoms with E-state index in [1.54, 1.807) is 18.2 Å². The second-order valence-electron chi connectivity index (χ2n) is 8.65. The van der Waals surface area contributed by atoms with Gasteiger partial charge in [0, 0.05) is 25.1 Å². The van der Waals surface area contributed by atoms with E-state index in [1.807, 2.05) is 38.1 Å². The van der Waals surface area contributed by atoms with E-state index in [-0.39, 0.29) is 35.9 Å². The van der Waals surface area contributed by atoms with E-state index in [1.165, 1.54) is 19.1 Å². The van der Waals surface area contributed by atoms with Crippen LogP contribution in [0.2, 0.25) is 0 Å². The predicted octanol–water partition coefficient (Wildman–Crippen LogP) is 4.57. The first-order valence-electron chi connectivity index (χ1n) is 11.9. The van der Waals surface area contributed by atoms with Crippen molar-refractivity contribution in [1.82, 2.24) is 10.6 Å². The zero-order valence-electron chi connectivity index (χ0n) is 20.3. The van der Waals surface area contributed by atoms with Crippen molar-refractivity contribution in [3.8, 4) is 11.5 Å². The van der Waals surface area contributed by atoms with Crippen molar-refractivity contribution in [2.24, 2.45) is 0 Å². The first-order valence-corrected chi connectivity index (χ1v) is 11.9. The zero-order valence-corrected chi connectivity index (χ0v) is 20.3. The Labute approximate surface area is 205 Å². The van der Waals surface area contributed by atoms with E-state index >= 15 is 0 Å². The average molecular weight is 485 g/mol. The molecule has 8 heteroatoms. The highest BCUT2D eigenvalue weighted by Gasteiger charge is 2.37. The Morgan fingerprint density at radius 3 is 2.20 bits per heavy atom. The van der Waals surface area contributed by atoms with Gasteiger partial charge in [-0.2, -0.15) is 0 Å². The number of hydrogen-bond acceptors (Lipinski definition) is 5. The molecule has 0 aromatic heterocycles. The molecule has 188 valence electrons. The van der Waals surface area contributed by atoms with E-state index < -0.39 is 18.1 Å². The molecule has 0 bridgehead atoms.